The first-order chi connectivity index (χ1) is 15.9. The molecule has 7 atom stereocenters. The molecule has 186 valence electrons. The first-order valence-electron chi connectivity index (χ1n) is 12.1. The monoisotopic (exact) mass is 492 g/mol. The van der Waals surface area contributed by atoms with E-state index in [1.54, 1.807) is 13.0 Å². The summed E-state index contributed by atoms with van der Waals surface area (Å²) in [5, 5.41) is 11.7. The number of hydrogen-bond donors (Lipinski definition) is 1. The standard InChI is InChI=1S/C26H33ClO7/c1-5-22(32)34-25(21(31)14-33-15(2)28)11-9-18-19-7-6-16-12-17(29)8-10-23(16,3)26(19,27)20(30)13-24(18,25)4/h8,10,12,18-20,30H,5-7,9,11,13-14H2,1-4H3/t18-,19-,20?,23-,24-,25-,26-/m0/s1. The van der Waals surface area contributed by atoms with Gasteiger partial charge in [0.15, 0.2) is 18.0 Å². The molecule has 3 saturated carbocycles. The molecule has 3 fully saturated rings. The molecule has 0 bridgehead atoms. The molecule has 4 aliphatic rings. The van der Waals surface area contributed by atoms with E-state index in [9.17, 15) is 24.3 Å². The summed E-state index contributed by atoms with van der Waals surface area (Å²) in [5.41, 5.74) is -2.18. The summed E-state index contributed by atoms with van der Waals surface area (Å²) in [6, 6.07) is 0. The molecule has 8 heteroatoms. The summed E-state index contributed by atoms with van der Waals surface area (Å²) in [7, 11) is 0. The lowest BCUT2D eigenvalue weighted by molar-refractivity contribution is -0.198. The maximum atomic E-state index is 13.5. The van der Waals surface area contributed by atoms with Crippen molar-refractivity contribution in [3.05, 3.63) is 23.8 Å². The fourth-order valence-electron chi connectivity index (χ4n) is 7.43. The minimum Gasteiger partial charge on any atom is -0.458 e. The third kappa shape index (κ3) is 3.26. The Morgan fingerprint density at radius 2 is 1.91 bits per heavy atom. The van der Waals surface area contributed by atoms with Gasteiger partial charge in [-0.1, -0.05) is 32.4 Å². The van der Waals surface area contributed by atoms with Crippen molar-refractivity contribution >= 4 is 35.1 Å². The number of ketones is 2. The minimum absolute atomic E-state index is 0.0799. The normalized spacial score (nSPS) is 42.7. The van der Waals surface area contributed by atoms with Crippen LogP contribution in [-0.2, 0) is 28.7 Å². The fourth-order valence-corrected chi connectivity index (χ4v) is 7.95. The van der Waals surface area contributed by atoms with Crippen LogP contribution in [0.15, 0.2) is 23.8 Å². The Balaban J connectivity index is 1.78. The fraction of sp³-hybridized carbons (Fsp3) is 0.692. The van der Waals surface area contributed by atoms with Crippen molar-refractivity contribution in [3.63, 3.8) is 0 Å². The van der Waals surface area contributed by atoms with Crippen molar-refractivity contribution < 1.29 is 33.8 Å². The average Bonchev–Trinajstić information content (AvgIpc) is 3.06. The van der Waals surface area contributed by atoms with Gasteiger partial charge in [-0.15, -0.1) is 11.6 Å². The quantitative estimate of drug-likeness (QED) is 0.462. The number of alkyl halides is 1. The summed E-state index contributed by atoms with van der Waals surface area (Å²) in [6.07, 6.45) is 6.37. The second-order valence-electron chi connectivity index (χ2n) is 10.7. The van der Waals surface area contributed by atoms with E-state index in [-0.39, 0.29) is 36.9 Å². The van der Waals surface area contributed by atoms with E-state index in [4.69, 9.17) is 21.1 Å². The Labute approximate surface area is 204 Å². The third-order valence-corrected chi connectivity index (χ3v) is 10.1. The Bertz CT molecular complexity index is 1000. The van der Waals surface area contributed by atoms with Gasteiger partial charge in [-0.2, -0.15) is 0 Å². The highest BCUT2D eigenvalue weighted by Gasteiger charge is 2.74. The second-order valence-corrected chi connectivity index (χ2v) is 11.3. The Kier molecular flexibility index (Phi) is 6.13. The molecule has 0 radical (unpaired) electrons. The summed E-state index contributed by atoms with van der Waals surface area (Å²) in [6.45, 7) is 6.26. The van der Waals surface area contributed by atoms with Gasteiger partial charge in [0.1, 0.15) is 0 Å². The van der Waals surface area contributed by atoms with Crippen molar-refractivity contribution in [1.82, 2.24) is 0 Å². The number of hydrogen-bond acceptors (Lipinski definition) is 7. The molecule has 0 amide bonds. The maximum absolute atomic E-state index is 13.5. The molecule has 0 heterocycles. The van der Waals surface area contributed by atoms with Gasteiger partial charge in [0, 0.05) is 24.2 Å². The van der Waals surface area contributed by atoms with Crippen molar-refractivity contribution in [3.8, 4) is 0 Å². The van der Waals surface area contributed by atoms with Gasteiger partial charge in [-0.25, -0.2) is 0 Å². The number of allylic oxidation sites excluding steroid dienone is 4. The van der Waals surface area contributed by atoms with Crippen molar-refractivity contribution in [2.45, 2.75) is 82.8 Å². The lowest BCUT2D eigenvalue weighted by Gasteiger charge is -2.64. The number of esters is 2. The van der Waals surface area contributed by atoms with Gasteiger partial charge in [0.05, 0.1) is 11.0 Å². The molecule has 1 N–H and O–H groups in total. The highest BCUT2D eigenvalue weighted by molar-refractivity contribution is 6.26. The molecular formula is C26H33ClO7. The van der Waals surface area contributed by atoms with Crippen LogP contribution < -0.4 is 0 Å². The Morgan fingerprint density at radius 3 is 2.56 bits per heavy atom. The van der Waals surface area contributed by atoms with Crippen molar-refractivity contribution in [2.75, 3.05) is 6.61 Å². The van der Waals surface area contributed by atoms with Crippen LogP contribution >= 0.6 is 11.6 Å². The molecule has 4 rings (SSSR count). The summed E-state index contributed by atoms with van der Waals surface area (Å²) in [5.74, 6) is -1.93. The van der Waals surface area contributed by atoms with E-state index >= 15 is 0 Å². The zero-order chi connectivity index (χ0) is 25.1. The first kappa shape index (κ1) is 25.1. The lowest BCUT2D eigenvalue weighted by atomic mass is 9.45. The van der Waals surface area contributed by atoms with Gasteiger partial charge < -0.3 is 14.6 Å². The van der Waals surface area contributed by atoms with Crippen molar-refractivity contribution in [1.29, 1.82) is 0 Å². The predicted molar refractivity (Wildman–Crippen MR) is 124 cm³/mol. The molecule has 1 unspecified atom stereocenters. The Morgan fingerprint density at radius 1 is 1.21 bits per heavy atom. The van der Waals surface area contributed by atoms with Crippen LogP contribution in [0, 0.1) is 22.7 Å². The summed E-state index contributed by atoms with van der Waals surface area (Å²) in [4.78, 5) is 48.4. The highest BCUT2D eigenvalue weighted by atomic mass is 35.5. The van der Waals surface area contributed by atoms with Crippen molar-refractivity contribution in [2.24, 2.45) is 22.7 Å². The number of halogens is 1. The molecule has 0 aromatic heterocycles. The van der Waals surface area contributed by atoms with E-state index in [0.717, 1.165) is 5.57 Å². The van der Waals surface area contributed by atoms with Crippen LogP contribution in [0.25, 0.3) is 0 Å². The number of rotatable bonds is 5. The number of Topliss-reactive ketones (excluding diaryl/α,β-unsaturated/α-hetero) is 1. The average molecular weight is 493 g/mol. The second kappa shape index (κ2) is 8.30. The molecule has 0 aromatic rings. The molecule has 0 spiro atoms. The first-order valence-corrected chi connectivity index (χ1v) is 12.4. The molecule has 0 aliphatic heterocycles. The summed E-state index contributed by atoms with van der Waals surface area (Å²) < 4.78 is 10.9. The number of carbonyl (C=O) groups is 4. The number of aliphatic hydroxyl groups is 1. The predicted octanol–water partition coefficient (Wildman–Crippen LogP) is 3.45. The number of ether oxygens (including phenoxy) is 2. The van der Waals surface area contributed by atoms with Gasteiger partial charge >= 0.3 is 11.9 Å². The van der Waals surface area contributed by atoms with Crippen LogP contribution in [-0.4, -0.2) is 51.8 Å². The molecule has 0 saturated heterocycles. The van der Waals surface area contributed by atoms with Gasteiger partial charge in [-0.05, 0) is 56.1 Å². The van der Waals surface area contributed by atoms with E-state index in [2.05, 4.69) is 0 Å². The topological polar surface area (TPSA) is 107 Å². The number of aliphatic hydroxyl groups excluding tert-OH is 1. The third-order valence-electron chi connectivity index (χ3n) is 9.19. The maximum Gasteiger partial charge on any atom is 0.306 e. The van der Waals surface area contributed by atoms with Crippen LogP contribution in [0.2, 0.25) is 0 Å². The molecule has 7 nitrogen and oxygen atoms in total. The summed E-state index contributed by atoms with van der Waals surface area (Å²) >= 11 is 7.41. The van der Waals surface area contributed by atoms with E-state index in [0.29, 0.717) is 19.3 Å². The van der Waals surface area contributed by atoms with Gasteiger partial charge in [-0.3, -0.25) is 19.2 Å². The number of fused-ring (bicyclic) bond motifs is 5. The zero-order valence-corrected chi connectivity index (χ0v) is 20.9. The minimum atomic E-state index is -1.51. The smallest absolute Gasteiger partial charge is 0.306 e. The molecule has 4 aliphatic carbocycles. The zero-order valence-electron chi connectivity index (χ0n) is 20.2. The Hall–Kier alpha value is -1.99. The largest absolute Gasteiger partial charge is 0.458 e. The van der Waals surface area contributed by atoms with Crippen LogP contribution in [0.1, 0.15) is 66.2 Å². The molecule has 0 aromatic carbocycles. The van der Waals surface area contributed by atoms with Crippen LogP contribution in [0.5, 0.6) is 0 Å². The van der Waals surface area contributed by atoms with Gasteiger partial charge in [0.2, 0.25) is 5.78 Å². The lowest BCUT2D eigenvalue weighted by Crippen LogP contribution is -2.69. The van der Waals surface area contributed by atoms with Gasteiger partial charge in [0.25, 0.3) is 0 Å². The molecular weight excluding hydrogens is 460 g/mol. The SMILES string of the molecule is CCC(=O)O[C@]1(C(=O)COC(C)=O)CC[C@H]2[C@@H]3CCC4=CC(=O)C=C[C@]4(C)[C@@]3(Cl)C(O)C[C@@]21C. The van der Waals surface area contributed by atoms with E-state index in [1.165, 1.54) is 13.0 Å². The highest BCUT2D eigenvalue weighted by Crippen LogP contribution is 2.71. The van der Waals surface area contributed by atoms with Crippen LogP contribution in [0.3, 0.4) is 0 Å². The van der Waals surface area contributed by atoms with E-state index in [1.807, 2.05) is 19.9 Å². The molecule has 34 heavy (non-hydrogen) atoms. The van der Waals surface area contributed by atoms with Crippen LogP contribution in [0.4, 0.5) is 0 Å². The number of carbonyl (C=O) groups excluding carboxylic acids is 4. The van der Waals surface area contributed by atoms with E-state index < -0.39 is 51.7 Å².